The number of rotatable bonds is 13. The number of hydrogen-bond donors (Lipinski definition) is 4. The van der Waals surface area contributed by atoms with E-state index in [1.807, 2.05) is 16.8 Å². The highest BCUT2D eigenvalue weighted by Gasteiger charge is 2.68. The van der Waals surface area contributed by atoms with E-state index in [4.69, 9.17) is 15.0 Å². The highest BCUT2D eigenvalue weighted by molar-refractivity contribution is 7.08. The number of guanidine groups is 1. The first kappa shape index (κ1) is 31.2. The molecule has 226 valence electrons. The molecule has 2 amide bonds. The second-order valence-corrected chi connectivity index (χ2v) is 13.6. The van der Waals surface area contributed by atoms with Gasteiger partial charge in [0.05, 0.1) is 24.1 Å². The topological polar surface area (TPSA) is 170 Å². The van der Waals surface area contributed by atoms with Gasteiger partial charge in [-0.15, -0.1) is 0 Å². The smallest absolute Gasteiger partial charge is 0.404 e. The van der Waals surface area contributed by atoms with Crippen molar-refractivity contribution in [3.63, 3.8) is 0 Å². The Bertz CT molecular complexity index is 1130. The number of carbonyl (C=O) groups excluding carboxylic acids is 2. The summed E-state index contributed by atoms with van der Waals surface area (Å²) in [6.07, 6.45) is 3.55. The van der Waals surface area contributed by atoms with Crippen molar-refractivity contribution in [1.29, 1.82) is 0 Å². The van der Waals surface area contributed by atoms with Crippen LogP contribution < -0.4 is 21.8 Å². The van der Waals surface area contributed by atoms with Crippen molar-refractivity contribution >= 4 is 36.2 Å². The number of nitrogens with one attached hydrogen (secondary N) is 3. The minimum absolute atomic E-state index is 0.00644. The molecule has 4 fully saturated rings. The summed E-state index contributed by atoms with van der Waals surface area (Å²) in [5.74, 6) is -0.0127. The number of aliphatic imine (C=N–C) groups is 1. The van der Waals surface area contributed by atoms with Crippen LogP contribution in [0.1, 0.15) is 72.3 Å². The average molecular weight is 591 g/mol. The van der Waals surface area contributed by atoms with E-state index in [9.17, 15) is 19.7 Å². The summed E-state index contributed by atoms with van der Waals surface area (Å²) in [6.45, 7) is 11.1. The van der Waals surface area contributed by atoms with Crippen LogP contribution in [0.4, 0.5) is 0 Å². The van der Waals surface area contributed by atoms with Gasteiger partial charge in [0.2, 0.25) is 11.8 Å². The number of amides is 2. The second-order valence-electron chi connectivity index (χ2n) is 12.8. The molecule has 41 heavy (non-hydrogen) atoms. The molecule has 6 atom stereocenters. The van der Waals surface area contributed by atoms with Crippen molar-refractivity contribution in [2.75, 3.05) is 6.54 Å². The minimum Gasteiger partial charge on any atom is -0.404 e. The Morgan fingerprint density at radius 2 is 2.05 bits per heavy atom. The molecule has 0 radical (unpaired) electrons. The molecule has 3 saturated carbocycles. The first-order valence-electron chi connectivity index (χ1n) is 14.4. The van der Waals surface area contributed by atoms with Gasteiger partial charge >= 0.3 is 7.12 Å². The third-order valence-corrected chi connectivity index (χ3v) is 9.82. The van der Waals surface area contributed by atoms with Gasteiger partial charge in [-0.1, -0.05) is 33.1 Å². The Kier molecular flexibility index (Phi) is 9.64. The van der Waals surface area contributed by atoms with Gasteiger partial charge in [0, 0.05) is 6.54 Å². The van der Waals surface area contributed by atoms with Gasteiger partial charge in [-0.25, -0.2) is 15.1 Å². The highest BCUT2D eigenvalue weighted by atomic mass is 32.1. The van der Waals surface area contributed by atoms with Crippen molar-refractivity contribution in [2.24, 2.45) is 33.9 Å². The van der Waals surface area contributed by atoms with Gasteiger partial charge in [0.15, 0.2) is 5.03 Å². The van der Waals surface area contributed by atoms with Gasteiger partial charge in [-0.2, -0.15) is 11.3 Å². The Hall–Kier alpha value is -2.71. The number of nitrogens with two attached hydrogens (primary N) is 1. The summed E-state index contributed by atoms with van der Waals surface area (Å²) in [4.78, 5) is 41.0. The molecular weight excluding hydrogens is 547 g/mol. The van der Waals surface area contributed by atoms with E-state index < -0.39 is 23.8 Å². The van der Waals surface area contributed by atoms with Crippen molar-refractivity contribution in [2.45, 2.75) is 96.8 Å². The molecule has 2 heterocycles. The van der Waals surface area contributed by atoms with Gasteiger partial charge in [-0.05, 0) is 84.6 Å². The van der Waals surface area contributed by atoms with Gasteiger partial charge in [0.25, 0.3) is 5.96 Å². The molecule has 12 nitrogen and oxygen atoms in total. The van der Waals surface area contributed by atoms with Crippen molar-refractivity contribution in [1.82, 2.24) is 16.1 Å². The summed E-state index contributed by atoms with van der Waals surface area (Å²) >= 11 is 1.50. The molecule has 5 rings (SSSR count). The lowest BCUT2D eigenvalue weighted by atomic mass is 9.43. The van der Waals surface area contributed by atoms with Crippen LogP contribution in [0, 0.1) is 33.3 Å². The summed E-state index contributed by atoms with van der Waals surface area (Å²) in [6, 6.07) is 1.04. The highest BCUT2D eigenvalue weighted by Crippen LogP contribution is 2.65. The predicted molar refractivity (Wildman–Crippen MR) is 157 cm³/mol. The van der Waals surface area contributed by atoms with Crippen LogP contribution in [0.3, 0.4) is 0 Å². The zero-order valence-electron chi connectivity index (χ0n) is 24.6. The number of nitro groups is 1. The van der Waals surface area contributed by atoms with Crippen LogP contribution in [-0.2, 0) is 25.3 Å². The SMILES string of the molecule is CC(C)C[C@H](NC(=O)[C@H](CCCN=C(N)N[N+](=O)[O-])NC(=O)Cc1ccsc1)B1O[C@@H]2C[C@H]3C[C@H](C3(C)C)[C@]2(C)O1. The fraction of sp³-hybridized carbons (Fsp3) is 0.741. The number of carbonyl (C=O) groups is 2. The van der Waals surface area contributed by atoms with E-state index in [0.717, 1.165) is 18.4 Å². The Morgan fingerprint density at radius 1 is 1.29 bits per heavy atom. The molecule has 1 saturated heterocycles. The first-order chi connectivity index (χ1) is 19.3. The van der Waals surface area contributed by atoms with Gasteiger partial charge < -0.3 is 25.7 Å². The summed E-state index contributed by atoms with van der Waals surface area (Å²) in [5, 5.41) is 19.6. The molecule has 5 N–H and O–H groups in total. The minimum atomic E-state index is -0.832. The third kappa shape index (κ3) is 7.21. The normalized spacial score (nSPS) is 27.9. The van der Waals surface area contributed by atoms with Crippen LogP contribution in [-0.4, -0.2) is 60.2 Å². The quantitative estimate of drug-likeness (QED) is 0.0678. The fourth-order valence-electron chi connectivity index (χ4n) is 6.82. The van der Waals surface area contributed by atoms with Crippen LogP contribution >= 0.6 is 11.3 Å². The molecule has 2 bridgehead atoms. The van der Waals surface area contributed by atoms with Crippen LogP contribution in [0.15, 0.2) is 21.8 Å². The molecule has 0 unspecified atom stereocenters. The average Bonchev–Trinajstić information content (AvgIpc) is 3.51. The maximum Gasteiger partial charge on any atom is 0.481 e. The zero-order chi connectivity index (χ0) is 29.9. The number of hydrazine groups is 1. The second kappa shape index (κ2) is 12.7. The molecule has 1 aromatic rings. The van der Waals surface area contributed by atoms with E-state index in [-0.39, 0.29) is 60.5 Å². The number of thiophene rings is 1. The molecule has 0 spiro atoms. The Morgan fingerprint density at radius 3 is 2.68 bits per heavy atom. The van der Waals surface area contributed by atoms with Crippen molar-refractivity contribution in [3.05, 3.63) is 32.5 Å². The molecule has 4 aliphatic rings. The predicted octanol–water partition coefficient (Wildman–Crippen LogP) is 2.45. The molecule has 3 aliphatic carbocycles. The van der Waals surface area contributed by atoms with Crippen molar-refractivity contribution in [3.8, 4) is 0 Å². The first-order valence-corrected chi connectivity index (χ1v) is 15.4. The van der Waals surface area contributed by atoms with E-state index in [2.05, 4.69) is 50.2 Å². The van der Waals surface area contributed by atoms with Gasteiger partial charge in [-0.3, -0.25) is 9.59 Å². The van der Waals surface area contributed by atoms with E-state index in [1.54, 1.807) is 5.43 Å². The lowest BCUT2D eigenvalue weighted by Gasteiger charge is -2.64. The van der Waals surface area contributed by atoms with Crippen molar-refractivity contribution < 1.29 is 23.9 Å². The third-order valence-electron chi connectivity index (χ3n) is 9.09. The van der Waals surface area contributed by atoms with E-state index in [0.29, 0.717) is 24.7 Å². The molecule has 0 aromatic carbocycles. The monoisotopic (exact) mass is 590 g/mol. The number of hydrogen-bond acceptors (Lipinski definition) is 8. The molecular formula is C27H43BN6O6S. The zero-order valence-corrected chi connectivity index (χ0v) is 25.4. The molecule has 1 aromatic heterocycles. The maximum atomic E-state index is 13.7. The fourth-order valence-corrected chi connectivity index (χ4v) is 7.49. The van der Waals surface area contributed by atoms with E-state index >= 15 is 0 Å². The van der Waals surface area contributed by atoms with Gasteiger partial charge in [0.1, 0.15) is 6.04 Å². The van der Waals surface area contributed by atoms with Crippen LogP contribution in [0.5, 0.6) is 0 Å². The lowest BCUT2D eigenvalue weighted by molar-refractivity contribution is -0.525. The standard InChI is InChI=1S/C27H43BN6O6S/c1-16(2)11-22(28-39-21-14-18-13-20(26(18,3)4)27(21,5)40-28)32-24(36)19(7-6-9-30-25(29)33-34(37)38)31-23(35)12-17-8-10-41-15-17/h8,10,15-16,18-22H,6-7,9,11-14H2,1-5H3,(H,31,35)(H,32,36)(H3,29,30,33)/t18-,19+,20-,21-,22+,27+/m1/s1. The molecule has 1 aliphatic heterocycles. The summed E-state index contributed by atoms with van der Waals surface area (Å²) < 4.78 is 13.2. The summed E-state index contributed by atoms with van der Waals surface area (Å²) in [5.41, 5.74) is 7.98. The van der Waals surface area contributed by atoms with E-state index in [1.165, 1.54) is 11.3 Å². The Labute approximate surface area is 245 Å². The van der Waals surface area contributed by atoms with Crippen LogP contribution in [0.2, 0.25) is 0 Å². The lowest BCUT2D eigenvalue weighted by Crippen LogP contribution is -2.65. The molecule has 14 heteroatoms. The maximum absolute atomic E-state index is 13.7. The largest absolute Gasteiger partial charge is 0.481 e. The Balaban J connectivity index is 1.43. The number of nitrogens with zero attached hydrogens (tertiary/aromatic N) is 2. The summed E-state index contributed by atoms with van der Waals surface area (Å²) in [7, 11) is -0.578. The van der Waals surface area contributed by atoms with Crippen LogP contribution in [0.25, 0.3) is 0 Å².